The summed E-state index contributed by atoms with van der Waals surface area (Å²) in [6.45, 7) is 1.30. The lowest BCUT2D eigenvalue weighted by Crippen LogP contribution is -2.24. The smallest absolute Gasteiger partial charge is 0.282 e. The number of aryl methyl sites for hydroxylation is 1. The molecule has 0 spiro atoms. The molecule has 0 aliphatic heterocycles. The molecule has 29 heavy (non-hydrogen) atoms. The van der Waals surface area contributed by atoms with E-state index in [1.54, 1.807) is 7.05 Å². The summed E-state index contributed by atoms with van der Waals surface area (Å²) < 4.78 is 33.2. The van der Waals surface area contributed by atoms with E-state index in [0.29, 0.717) is 0 Å². The molecule has 0 atom stereocenters. The van der Waals surface area contributed by atoms with E-state index in [1.165, 1.54) is 19.2 Å². The van der Waals surface area contributed by atoms with E-state index in [1.807, 2.05) is 0 Å². The normalized spacial score (nSPS) is 10.9. The molecule has 11 heteroatoms. The van der Waals surface area contributed by atoms with Gasteiger partial charge in [0.25, 0.3) is 5.56 Å². The number of halogens is 3. The van der Waals surface area contributed by atoms with Gasteiger partial charge in [-0.1, -0.05) is 11.6 Å². The zero-order valence-corrected chi connectivity index (χ0v) is 16.2. The molecule has 0 unspecified atom stereocenters. The van der Waals surface area contributed by atoms with E-state index < -0.39 is 17.2 Å². The fraction of sp³-hybridized carbons (Fsp3) is 0.222. The second-order valence-corrected chi connectivity index (χ2v) is 6.38. The number of imidazole rings is 1. The fourth-order valence-corrected chi connectivity index (χ4v) is 2.73. The number of aromatic amines is 1. The van der Waals surface area contributed by atoms with Crippen molar-refractivity contribution in [2.24, 2.45) is 0 Å². The topological polar surface area (TPSA) is 102 Å². The maximum atomic E-state index is 13.7. The van der Waals surface area contributed by atoms with Crippen LogP contribution in [-0.2, 0) is 6.61 Å². The van der Waals surface area contributed by atoms with Crippen molar-refractivity contribution in [3.05, 3.63) is 68.6 Å². The van der Waals surface area contributed by atoms with E-state index in [9.17, 15) is 18.4 Å². The number of aromatic nitrogens is 4. The summed E-state index contributed by atoms with van der Waals surface area (Å²) in [7, 11) is 1.62. The lowest BCUT2D eigenvalue weighted by atomic mass is 10.2. The molecular formula is C18H16ClF2N5O3. The van der Waals surface area contributed by atoms with Crippen LogP contribution < -0.4 is 15.6 Å². The number of likely N-dealkylation sites (N-methyl/N-ethyl adjacent to an activating group) is 1. The highest BCUT2D eigenvalue weighted by atomic mass is 35.5. The maximum absolute atomic E-state index is 13.7. The van der Waals surface area contributed by atoms with Crippen molar-refractivity contribution in [1.82, 2.24) is 24.8 Å². The van der Waals surface area contributed by atoms with Crippen LogP contribution in [0.1, 0.15) is 22.0 Å². The molecule has 2 N–H and O–H groups in total. The Morgan fingerprint density at radius 3 is 2.79 bits per heavy atom. The number of H-pyrrole nitrogens is 1. The molecule has 1 aromatic carbocycles. The minimum Gasteiger partial charge on any atom is -0.471 e. The van der Waals surface area contributed by atoms with Crippen LogP contribution in [0.15, 0.2) is 29.2 Å². The van der Waals surface area contributed by atoms with E-state index in [2.05, 4.69) is 20.3 Å². The van der Waals surface area contributed by atoms with Gasteiger partial charge in [0, 0.05) is 17.8 Å². The molecule has 3 aromatic rings. The third kappa shape index (κ3) is 4.33. The second-order valence-electron chi connectivity index (χ2n) is 6.00. The van der Waals surface area contributed by atoms with Crippen LogP contribution in [0.4, 0.5) is 8.78 Å². The molecular weight excluding hydrogens is 408 g/mol. The van der Waals surface area contributed by atoms with Crippen LogP contribution in [0, 0.1) is 18.6 Å². The van der Waals surface area contributed by atoms with Crippen LogP contribution in [0.2, 0.25) is 5.02 Å². The number of Topliss-reactive ketones (excluding diaryl/α,β-unsaturated/α-hetero) is 1. The average Bonchev–Trinajstić information content (AvgIpc) is 3.15. The summed E-state index contributed by atoms with van der Waals surface area (Å²) in [6, 6.07) is 3.03. The SMILES string of the molecule is CNCC(=O)c1nc(-n2c(C)nc(OCc3ccc(F)cc3F)c(Cl)c2=O)c[nH]1. The largest absolute Gasteiger partial charge is 0.471 e. The Morgan fingerprint density at radius 2 is 2.10 bits per heavy atom. The number of benzene rings is 1. The summed E-state index contributed by atoms with van der Waals surface area (Å²) in [5.41, 5.74) is -0.598. The van der Waals surface area contributed by atoms with Crippen LogP contribution >= 0.6 is 11.6 Å². The number of hydrogen-bond donors (Lipinski definition) is 2. The van der Waals surface area contributed by atoms with Gasteiger partial charge in [0.2, 0.25) is 11.7 Å². The number of hydrogen-bond acceptors (Lipinski definition) is 6. The lowest BCUT2D eigenvalue weighted by molar-refractivity contribution is 0.0984. The van der Waals surface area contributed by atoms with E-state index in [4.69, 9.17) is 16.3 Å². The first-order valence-electron chi connectivity index (χ1n) is 8.41. The van der Waals surface area contributed by atoms with Crippen LogP contribution in [0.3, 0.4) is 0 Å². The Kier molecular flexibility index (Phi) is 6.04. The van der Waals surface area contributed by atoms with E-state index >= 15 is 0 Å². The van der Waals surface area contributed by atoms with Crippen molar-refractivity contribution < 1.29 is 18.3 Å². The minimum atomic E-state index is -0.790. The number of nitrogens with zero attached hydrogens (tertiary/aromatic N) is 3. The minimum absolute atomic E-state index is 0.0730. The molecule has 0 aliphatic rings. The molecule has 0 aliphatic carbocycles. The summed E-state index contributed by atoms with van der Waals surface area (Å²) in [6.07, 6.45) is 1.38. The summed E-state index contributed by atoms with van der Waals surface area (Å²) in [5, 5.41) is 2.37. The van der Waals surface area contributed by atoms with Gasteiger partial charge >= 0.3 is 0 Å². The van der Waals surface area contributed by atoms with Crippen LogP contribution in [-0.4, -0.2) is 38.9 Å². The monoisotopic (exact) mass is 423 g/mol. The van der Waals surface area contributed by atoms with Gasteiger partial charge < -0.3 is 15.0 Å². The van der Waals surface area contributed by atoms with Crippen molar-refractivity contribution in [3.8, 4) is 11.7 Å². The fourth-order valence-electron chi connectivity index (χ4n) is 2.55. The Balaban J connectivity index is 1.88. The van der Waals surface area contributed by atoms with Gasteiger partial charge in [-0.3, -0.25) is 9.59 Å². The third-order valence-corrected chi connectivity index (χ3v) is 4.26. The molecule has 0 saturated carbocycles. The van der Waals surface area contributed by atoms with Crippen LogP contribution in [0.5, 0.6) is 5.88 Å². The first kappa shape index (κ1) is 20.6. The van der Waals surface area contributed by atoms with Crippen LogP contribution in [0.25, 0.3) is 5.82 Å². The standard InChI is InChI=1S/C18H16ClF2N5O3/c1-9-24-17(29-8-10-3-4-11(20)5-12(10)21)15(19)18(28)26(9)14-7-23-16(25-14)13(27)6-22-2/h3-5,7,22H,6,8H2,1-2H3,(H,23,25). The number of carbonyl (C=O) groups excluding carboxylic acids is 1. The zero-order valence-electron chi connectivity index (χ0n) is 15.4. The van der Waals surface area contributed by atoms with Gasteiger partial charge in [0.15, 0.2) is 16.7 Å². The van der Waals surface area contributed by atoms with Gasteiger partial charge in [0.1, 0.15) is 24.1 Å². The molecule has 0 bridgehead atoms. The number of nitrogens with one attached hydrogen (secondary N) is 2. The van der Waals surface area contributed by atoms with Gasteiger partial charge in [-0.05, 0) is 26.1 Å². The molecule has 0 saturated heterocycles. The van der Waals surface area contributed by atoms with Gasteiger partial charge in [-0.25, -0.2) is 18.3 Å². The second kappa shape index (κ2) is 8.50. The summed E-state index contributed by atoms with van der Waals surface area (Å²) >= 11 is 6.08. The van der Waals surface area contributed by atoms with E-state index in [-0.39, 0.29) is 52.9 Å². The Bertz CT molecular complexity index is 1130. The first-order chi connectivity index (χ1) is 13.8. The van der Waals surface area contributed by atoms with Gasteiger partial charge in [-0.15, -0.1) is 0 Å². The van der Waals surface area contributed by atoms with Gasteiger partial charge in [-0.2, -0.15) is 4.98 Å². The van der Waals surface area contributed by atoms with Crippen molar-refractivity contribution >= 4 is 17.4 Å². The Labute approximate surface area is 168 Å². The van der Waals surface area contributed by atoms with Gasteiger partial charge in [0.05, 0.1) is 6.54 Å². The molecule has 0 amide bonds. The summed E-state index contributed by atoms with van der Waals surface area (Å²) in [5.74, 6) is -1.59. The molecule has 152 valence electrons. The highest BCUT2D eigenvalue weighted by Gasteiger charge is 2.19. The average molecular weight is 424 g/mol. The zero-order chi connectivity index (χ0) is 21.1. The Hall–Kier alpha value is -3.11. The predicted molar refractivity (Wildman–Crippen MR) is 101 cm³/mol. The van der Waals surface area contributed by atoms with Crippen molar-refractivity contribution in [2.45, 2.75) is 13.5 Å². The number of ether oxygens (including phenoxy) is 1. The summed E-state index contributed by atoms with van der Waals surface area (Å²) in [4.78, 5) is 35.5. The van der Waals surface area contributed by atoms with Crippen molar-refractivity contribution in [3.63, 3.8) is 0 Å². The Morgan fingerprint density at radius 1 is 1.34 bits per heavy atom. The molecule has 8 nitrogen and oxygen atoms in total. The van der Waals surface area contributed by atoms with E-state index in [0.717, 1.165) is 16.7 Å². The molecule has 0 radical (unpaired) electrons. The number of carbonyl (C=O) groups is 1. The van der Waals surface area contributed by atoms with Crippen molar-refractivity contribution in [2.75, 3.05) is 13.6 Å². The number of rotatable bonds is 7. The molecule has 3 rings (SSSR count). The molecule has 0 fully saturated rings. The predicted octanol–water partition coefficient (Wildman–Crippen LogP) is 2.18. The maximum Gasteiger partial charge on any atom is 0.282 e. The molecule has 2 aromatic heterocycles. The van der Waals surface area contributed by atoms with Crippen molar-refractivity contribution in [1.29, 1.82) is 0 Å². The third-order valence-electron chi connectivity index (χ3n) is 3.94. The highest BCUT2D eigenvalue weighted by molar-refractivity contribution is 6.31. The highest BCUT2D eigenvalue weighted by Crippen LogP contribution is 2.21. The first-order valence-corrected chi connectivity index (χ1v) is 8.79. The molecule has 2 heterocycles. The lowest BCUT2D eigenvalue weighted by Gasteiger charge is -2.12. The quantitative estimate of drug-likeness (QED) is 0.565. The number of ketones is 1.